The normalized spacial score (nSPS) is 15.0. The molecule has 5 rings (SSSR count). The quantitative estimate of drug-likeness (QED) is 0.467. The molecule has 2 N–H and O–H groups in total. The second kappa shape index (κ2) is 7.77. The number of anilines is 2. The van der Waals surface area contributed by atoms with Crippen molar-refractivity contribution in [1.82, 2.24) is 14.8 Å². The van der Waals surface area contributed by atoms with Gasteiger partial charge in [0.25, 0.3) is 11.9 Å². The van der Waals surface area contributed by atoms with Gasteiger partial charge in [-0.2, -0.15) is 4.98 Å². The lowest BCUT2D eigenvalue weighted by Gasteiger charge is -2.25. The zero-order valence-corrected chi connectivity index (χ0v) is 17.3. The summed E-state index contributed by atoms with van der Waals surface area (Å²) in [5.41, 5.74) is 3.95. The summed E-state index contributed by atoms with van der Waals surface area (Å²) in [6, 6.07) is 18.7. The Kier molecular flexibility index (Phi) is 4.80. The van der Waals surface area contributed by atoms with Crippen LogP contribution in [0.5, 0.6) is 0 Å². The lowest BCUT2D eigenvalue weighted by Crippen LogP contribution is -2.20. The van der Waals surface area contributed by atoms with Gasteiger partial charge in [-0.15, -0.1) is 5.10 Å². The molecule has 1 atom stereocenters. The van der Waals surface area contributed by atoms with Crippen molar-refractivity contribution < 1.29 is 9.21 Å². The van der Waals surface area contributed by atoms with Crippen molar-refractivity contribution in [2.75, 3.05) is 10.6 Å². The Balaban J connectivity index is 1.55. The number of rotatable bonds is 4. The van der Waals surface area contributed by atoms with Crippen molar-refractivity contribution in [1.29, 1.82) is 0 Å². The number of hydrogen-bond donors (Lipinski definition) is 2. The maximum atomic E-state index is 12.4. The first-order valence-electron chi connectivity index (χ1n) is 9.70. The molecule has 4 aromatic rings. The van der Waals surface area contributed by atoms with Gasteiger partial charge in [0.15, 0.2) is 5.76 Å². The number of benzene rings is 2. The third kappa shape index (κ3) is 3.71. The largest absolute Gasteiger partial charge is 0.459 e. The molecule has 2 aromatic heterocycles. The fourth-order valence-electron chi connectivity index (χ4n) is 3.45. The van der Waals surface area contributed by atoms with E-state index in [1.54, 1.807) is 16.8 Å². The first-order chi connectivity index (χ1) is 15.1. The Bertz CT molecular complexity index is 1280. The van der Waals surface area contributed by atoms with Crippen molar-refractivity contribution in [3.05, 3.63) is 100 Å². The second-order valence-electron chi connectivity index (χ2n) is 7.17. The van der Waals surface area contributed by atoms with Crippen LogP contribution in [-0.4, -0.2) is 20.7 Å². The van der Waals surface area contributed by atoms with Gasteiger partial charge in [-0.1, -0.05) is 59.6 Å². The first kappa shape index (κ1) is 19.1. The lowest BCUT2D eigenvalue weighted by molar-refractivity contribution is 0.0996. The van der Waals surface area contributed by atoms with Crippen LogP contribution >= 0.6 is 11.6 Å². The van der Waals surface area contributed by atoms with Crippen LogP contribution in [0.15, 0.2) is 77.4 Å². The summed E-state index contributed by atoms with van der Waals surface area (Å²) in [6.45, 7) is 2.05. The maximum absolute atomic E-state index is 12.4. The van der Waals surface area contributed by atoms with Crippen molar-refractivity contribution in [3.8, 4) is 0 Å². The van der Waals surface area contributed by atoms with Crippen LogP contribution in [0.25, 0.3) is 5.70 Å². The van der Waals surface area contributed by atoms with Gasteiger partial charge >= 0.3 is 0 Å². The van der Waals surface area contributed by atoms with E-state index in [0.29, 0.717) is 11.0 Å². The predicted molar refractivity (Wildman–Crippen MR) is 119 cm³/mol. The topological polar surface area (TPSA) is 85.0 Å². The van der Waals surface area contributed by atoms with Gasteiger partial charge < -0.3 is 9.73 Å². The summed E-state index contributed by atoms with van der Waals surface area (Å²) >= 11 is 6.50. The van der Waals surface area contributed by atoms with E-state index < -0.39 is 5.91 Å². The zero-order chi connectivity index (χ0) is 21.4. The van der Waals surface area contributed by atoms with E-state index in [4.69, 9.17) is 16.0 Å². The van der Waals surface area contributed by atoms with Crippen molar-refractivity contribution in [2.45, 2.75) is 13.0 Å². The SMILES string of the molecule is Cc1ccc(C2=CC(c3ccccc3Cl)n3nc(NC(=O)c4ccco4)nc3N2)cc1. The number of furan rings is 1. The fraction of sp³-hybridized carbons (Fsp3) is 0.0870. The number of aryl methyl sites for hydroxylation is 1. The van der Waals surface area contributed by atoms with E-state index in [0.717, 1.165) is 16.8 Å². The number of carbonyl (C=O) groups excluding carboxylic acids is 1. The number of allylic oxidation sites excluding steroid dienone is 1. The lowest BCUT2D eigenvalue weighted by atomic mass is 10.0. The van der Waals surface area contributed by atoms with Gasteiger partial charge in [0.05, 0.1) is 6.26 Å². The summed E-state index contributed by atoms with van der Waals surface area (Å²) in [4.78, 5) is 16.8. The van der Waals surface area contributed by atoms with E-state index in [-0.39, 0.29) is 17.8 Å². The smallest absolute Gasteiger partial charge is 0.293 e. The number of aromatic nitrogens is 3. The molecular weight excluding hydrogens is 414 g/mol. The predicted octanol–water partition coefficient (Wildman–Crippen LogP) is 5.14. The van der Waals surface area contributed by atoms with Gasteiger partial charge in [0.2, 0.25) is 5.95 Å². The van der Waals surface area contributed by atoms with Gasteiger partial charge in [0.1, 0.15) is 6.04 Å². The van der Waals surface area contributed by atoms with E-state index in [1.807, 2.05) is 49.4 Å². The Labute approximate surface area is 183 Å². The van der Waals surface area contributed by atoms with Gasteiger partial charge in [-0.25, -0.2) is 4.68 Å². The highest BCUT2D eigenvalue weighted by Crippen LogP contribution is 2.36. The number of halogens is 1. The molecular formula is C23H18ClN5O2. The molecule has 0 saturated heterocycles. The highest BCUT2D eigenvalue weighted by molar-refractivity contribution is 6.31. The number of amides is 1. The number of hydrogen-bond acceptors (Lipinski definition) is 5. The molecule has 1 aliphatic rings. The Morgan fingerprint density at radius 2 is 1.94 bits per heavy atom. The average molecular weight is 432 g/mol. The summed E-state index contributed by atoms with van der Waals surface area (Å²) in [5, 5.41) is 11.1. The zero-order valence-electron chi connectivity index (χ0n) is 16.5. The molecule has 0 fully saturated rings. The van der Waals surface area contributed by atoms with Crippen LogP contribution in [0.4, 0.5) is 11.9 Å². The third-order valence-corrected chi connectivity index (χ3v) is 5.37. The van der Waals surface area contributed by atoms with E-state index in [2.05, 4.69) is 32.8 Å². The summed E-state index contributed by atoms with van der Waals surface area (Å²) in [5.74, 6) is 0.424. The maximum Gasteiger partial charge on any atom is 0.293 e. The molecule has 8 heteroatoms. The first-order valence-corrected chi connectivity index (χ1v) is 10.1. The molecule has 0 aliphatic carbocycles. The van der Waals surface area contributed by atoms with Crippen molar-refractivity contribution in [3.63, 3.8) is 0 Å². The summed E-state index contributed by atoms with van der Waals surface area (Å²) in [7, 11) is 0. The minimum atomic E-state index is -0.422. The van der Waals surface area contributed by atoms with E-state index >= 15 is 0 Å². The molecule has 1 aliphatic heterocycles. The molecule has 0 spiro atoms. The Hall–Kier alpha value is -3.84. The molecule has 0 saturated carbocycles. The van der Waals surface area contributed by atoms with E-state index in [9.17, 15) is 4.79 Å². The minimum Gasteiger partial charge on any atom is -0.459 e. The van der Waals surface area contributed by atoms with Crippen LogP contribution in [-0.2, 0) is 0 Å². The monoisotopic (exact) mass is 431 g/mol. The summed E-state index contributed by atoms with van der Waals surface area (Å²) in [6.07, 6.45) is 3.49. The minimum absolute atomic E-state index is 0.166. The number of fused-ring (bicyclic) bond motifs is 1. The number of carbonyl (C=O) groups is 1. The van der Waals surface area contributed by atoms with Crippen LogP contribution in [0, 0.1) is 6.92 Å². The number of nitrogens with one attached hydrogen (secondary N) is 2. The van der Waals surface area contributed by atoms with Crippen molar-refractivity contribution in [2.24, 2.45) is 0 Å². The van der Waals surface area contributed by atoms with E-state index in [1.165, 1.54) is 11.8 Å². The van der Waals surface area contributed by atoms with Crippen LogP contribution in [0.1, 0.15) is 33.3 Å². The van der Waals surface area contributed by atoms with Crippen LogP contribution in [0.2, 0.25) is 5.02 Å². The molecule has 1 unspecified atom stereocenters. The average Bonchev–Trinajstić information content (AvgIpc) is 3.44. The van der Waals surface area contributed by atoms with Gasteiger partial charge in [0, 0.05) is 10.7 Å². The number of nitrogens with zero attached hydrogens (tertiary/aromatic N) is 3. The molecule has 154 valence electrons. The summed E-state index contributed by atoms with van der Waals surface area (Å²) < 4.78 is 6.85. The molecule has 2 aromatic carbocycles. The van der Waals surface area contributed by atoms with Crippen molar-refractivity contribution >= 4 is 35.1 Å². The van der Waals surface area contributed by atoms with Gasteiger partial charge in [-0.05, 0) is 42.3 Å². The standard InChI is InChI=1S/C23H18ClN5O2/c1-14-8-10-15(11-9-14)18-13-19(16-5-2-3-6-17(16)24)29-23(25-18)27-22(28-29)26-21(30)20-7-4-12-31-20/h2-13,19H,1H3,(H2,25,26,27,28,30). The molecule has 0 radical (unpaired) electrons. The molecule has 0 bridgehead atoms. The third-order valence-electron chi connectivity index (χ3n) is 5.02. The molecule has 3 heterocycles. The second-order valence-corrected chi connectivity index (χ2v) is 7.58. The van der Waals surface area contributed by atoms with Gasteiger partial charge in [-0.3, -0.25) is 10.1 Å². The van der Waals surface area contributed by atoms with Crippen LogP contribution < -0.4 is 10.6 Å². The molecule has 31 heavy (non-hydrogen) atoms. The Morgan fingerprint density at radius 3 is 2.68 bits per heavy atom. The molecule has 1 amide bonds. The molecule has 7 nitrogen and oxygen atoms in total. The fourth-order valence-corrected chi connectivity index (χ4v) is 3.70. The highest BCUT2D eigenvalue weighted by atomic mass is 35.5. The van der Waals surface area contributed by atoms with Crippen LogP contribution in [0.3, 0.4) is 0 Å². The highest BCUT2D eigenvalue weighted by Gasteiger charge is 2.27. The Morgan fingerprint density at radius 1 is 1.13 bits per heavy atom.